The van der Waals surface area contributed by atoms with Gasteiger partial charge in [-0.05, 0) is 78.3 Å². The van der Waals surface area contributed by atoms with Crippen LogP contribution in [0.3, 0.4) is 0 Å². The predicted octanol–water partition coefficient (Wildman–Crippen LogP) is 8.26. The summed E-state index contributed by atoms with van der Waals surface area (Å²) in [6.07, 6.45) is -7.07. The average molecular weight is 651 g/mol. The number of benzene rings is 3. The molecule has 198 valence electrons. The molecular weight excluding hydrogens is 628 g/mol. The summed E-state index contributed by atoms with van der Waals surface area (Å²) in [4.78, 5) is 2.00. The van der Waals surface area contributed by atoms with Gasteiger partial charge in [-0.15, -0.1) is 0 Å². The van der Waals surface area contributed by atoms with Crippen molar-refractivity contribution in [2.45, 2.75) is 50.2 Å². The molecule has 37 heavy (non-hydrogen) atoms. The van der Waals surface area contributed by atoms with E-state index in [1.807, 2.05) is 23.1 Å². The summed E-state index contributed by atoms with van der Waals surface area (Å²) < 4.78 is 79.7. The molecule has 0 spiro atoms. The van der Waals surface area contributed by atoms with E-state index < -0.39 is 23.5 Å². The lowest BCUT2D eigenvalue weighted by molar-refractivity contribution is -0.376. The van der Waals surface area contributed by atoms with E-state index in [2.05, 4.69) is 50.1 Å². The van der Waals surface area contributed by atoms with Crippen LogP contribution >= 0.6 is 31.9 Å². The summed E-state index contributed by atoms with van der Waals surface area (Å²) in [6, 6.07) is 16.1. The molecule has 1 aliphatic carbocycles. The van der Waals surface area contributed by atoms with Crippen LogP contribution in [0, 0.1) is 0 Å². The molecule has 0 bridgehead atoms. The highest BCUT2D eigenvalue weighted by Gasteiger charge is 2.71. The molecule has 0 saturated heterocycles. The van der Waals surface area contributed by atoms with Gasteiger partial charge in [0.1, 0.15) is 0 Å². The Morgan fingerprint density at radius 1 is 0.703 bits per heavy atom. The second kappa shape index (κ2) is 10.6. The predicted molar refractivity (Wildman–Crippen MR) is 138 cm³/mol. The summed E-state index contributed by atoms with van der Waals surface area (Å²) in [7, 11) is 0. The van der Waals surface area contributed by atoms with E-state index >= 15 is 0 Å². The van der Waals surface area contributed by atoms with Crippen molar-refractivity contribution in [1.82, 2.24) is 0 Å². The number of alkyl halides is 6. The SMILES string of the molecule is Brc1ccc2c(c1)CCC2.OC(c1ccc(CN2CCc3cc(Br)ccc32)cc1)(C(F)(F)F)C(F)(F)F. The molecule has 0 aromatic heterocycles. The fraction of sp³-hybridized carbons (Fsp3) is 0.333. The van der Waals surface area contributed by atoms with Gasteiger partial charge in [0.25, 0.3) is 5.60 Å². The Morgan fingerprint density at radius 2 is 1.27 bits per heavy atom. The molecule has 0 unspecified atom stereocenters. The van der Waals surface area contributed by atoms with E-state index in [0.29, 0.717) is 30.8 Å². The number of rotatable bonds is 3. The molecule has 10 heteroatoms. The maximum atomic E-state index is 12.9. The van der Waals surface area contributed by atoms with Gasteiger partial charge >= 0.3 is 12.4 Å². The third-order valence-electron chi connectivity index (χ3n) is 6.66. The summed E-state index contributed by atoms with van der Waals surface area (Å²) in [6.45, 7) is 1.04. The van der Waals surface area contributed by atoms with Gasteiger partial charge in [-0.3, -0.25) is 0 Å². The lowest BCUT2D eigenvalue weighted by Crippen LogP contribution is -2.53. The standard InChI is InChI=1S/C18H14BrF6NO.C9H9Br/c19-14-5-6-15-12(9-14)7-8-26(15)10-11-1-3-13(4-2-11)16(27,17(20,21)22)18(23,24)25;10-9-5-4-7-2-1-3-8(7)6-9/h1-6,9,27H,7-8,10H2;4-6H,1-3H2. The minimum atomic E-state index is -5.88. The minimum absolute atomic E-state index is 0.339. The van der Waals surface area contributed by atoms with Gasteiger partial charge < -0.3 is 10.0 Å². The highest BCUT2D eigenvalue weighted by Crippen LogP contribution is 2.50. The van der Waals surface area contributed by atoms with Gasteiger partial charge in [0, 0.05) is 33.3 Å². The second-order valence-electron chi connectivity index (χ2n) is 9.11. The highest BCUT2D eigenvalue weighted by molar-refractivity contribution is 9.10. The number of halogens is 8. The quantitative estimate of drug-likeness (QED) is 0.289. The third kappa shape index (κ3) is 5.86. The first kappa shape index (κ1) is 28.0. The molecule has 0 radical (unpaired) electrons. The van der Waals surface area contributed by atoms with Crippen molar-refractivity contribution in [3.8, 4) is 0 Å². The van der Waals surface area contributed by atoms with Crippen LogP contribution in [0.4, 0.5) is 32.0 Å². The molecule has 1 aliphatic heterocycles. The minimum Gasteiger partial charge on any atom is -0.369 e. The van der Waals surface area contributed by atoms with Gasteiger partial charge in [-0.1, -0.05) is 62.2 Å². The molecule has 1 heterocycles. The van der Waals surface area contributed by atoms with Crippen molar-refractivity contribution >= 4 is 37.5 Å². The highest BCUT2D eigenvalue weighted by atomic mass is 79.9. The smallest absolute Gasteiger partial charge is 0.369 e. The summed E-state index contributed by atoms with van der Waals surface area (Å²) in [5.74, 6) is 0. The molecule has 2 aliphatic rings. The van der Waals surface area contributed by atoms with Gasteiger partial charge in [0.2, 0.25) is 0 Å². The number of fused-ring (bicyclic) bond motifs is 2. The van der Waals surface area contributed by atoms with Crippen molar-refractivity contribution < 1.29 is 31.4 Å². The van der Waals surface area contributed by atoms with Crippen molar-refractivity contribution in [2.75, 3.05) is 11.4 Å². The van der Waals surface area contributed by atoms with Gasteiger partial charge in [-0.2, -0.15) is 26.3 Å². The molecule has 5 rings (SSSR count). The van der Waals surface area contributed by atoms with E-state index in [1.165, 1.54) is 41.4 Å². The number of aliphatic hydroxyl groups is 1. The zero-order valence-electron chi connectivity index (χ0n) is 19.4. The molecule has 3 aromatic rings. The first-order valence-electron chi connectivity index (χ1n) is 11.6. The zero-order valence-corrected chi connectivity index (χ0v) is 22.6. The van der Waals surface area contributed by atoms with E-state index in [-0.39, 0.29) is 0 Å². The summed E-state index contributed by atoms with van der Waals surface area (Å²) in [5.41, 5.74) is -0.435. The lowest BCUT2D eigenvalue weighted by Gasteiger charge is -2.32. The number of nitrogens with zero attached hydrogens (tertiary/aromatic N) is 1. The van der Waals surface area contributed by atoms with Crippen LogP contribution in [0.15, 0.2) is 69.6 Å². The molecule has 0 fully saturated rings. The lowest BCUT2D eigenvalue weighted by atomic mass is 9.91. The van der Waals surface area contributed by atoms with E-state index in [0.717, 1.165) is 22.1 Å². The molecule has 3 aromatic carbocycles. The average Bonchev–Trinajstić information content (AvgIpc) is 3.44. The number of hydrogen-bond donors (Lipinski definition) is 1. The normalized spacial score (nSPS) is 15.2. The Balaban J connectivity index is 0.000000265. The first-order valence-corrected chi connectivity index (χ1v) is 13.1. The van der Waals surface area contributed by atoms with Crippen LogP contribution in [-0.4, -0.2) is 24.0 Å². The van der Waals surface area contributed by atoms with Crippen LogP contribution in [0.5, 0.6) is 0 Å². The maximum absolute atomic E-state index is 12.9. The Morgan fingerprint density at radius 3 is 1.89 bits per heavy atom. The fourth-order valence-corrected chi connectivity index (χ4v) is 5.52. The molecule has 0 saturated carbocycles. The third-order valence-corrected chi connectivity index (χ3v) is 7.65. The van der Waals surface area contributed by atoms with Gasteiger partial charge in [0.15, 0.2) is 0 Å². The Labute approximate surface area is 227 Å². The monoisotopic (exact) mass is 649 g/mol. The maximum Gasteiger partial charge on any atom is 0.430 e. The fourth-order valence-electron chi connectivity index (χ4n) is 4.70. The van der Waals surface area contributed by atoms with Gasteiger partial charge in [0.05, 0.1) is 0 Å². The molecule has 1 N–H and O–H groups in total. The van der Waals surface area contributed by atoms with Crippen LogP contribution in [-0.2, 0) is 31.4 Å². The Kier molecular flexibility index (Phi) is 8.03. The summed E-state index contributed by atoms with van der Waals surface area (Å²) >= 11 is 6.85. The Hall–Kier alpha value is -2.04. The number of aryl methyl sites for hydroxylation is 2. The number of anilines is 1. The van der Waals surface area contributed by atoms with E-state index in [9.17, 15) is 31.4 Å². The van der Waals surface area contributed by atoms with Crippen LogP contribution in [0.2, 0.25) is 0 Å². The van der Waals surface area contributed by atoms with Crippen LogP contribution in [0.25, 0.3) is 0 Å². The molecule has 0 atom stereocenters. The van der Waals surface area contributed by atoms with E-state index in [1.54, 1.807) is 5.56 Å². The first-order chi connectivity index (χ1) is 17.3. The molecular formula is C27H23Br2F6NO. The van der Waals surface area contributed by atoms with Crippen LogP contribution < -0.4 is 4.90 Å². The van der Waals surface area contributed by atoms with E-state index in [4.69, 9.17) is 0 Å². The molecule has 0 amide bonds. The zero-order chi connectivity index (χ0) is 27.0. The van der Waals surface area contributed by atoms with Crippen molar-refractivity contribution in [3.05, 3.63) is 97.4 Å². The van der Waals surface area contributed by atoms with Crippen molar-refractivity contribution in [2.24, 2.45) is 0 Å². The topological polar surface area (TPSA) is 23.5 Å². The van der Waals surface area contributed by atoms with Crippen molar-refractivity contribution in [1.29, 1.82) is 0 Å². The largest absolute Gasteiger partial charge is 0.430 e. The second-order valence-corrected chi connectivity index (χ2v) is 10.9. The number of hydrogen-bond acceptors (Lipinski definition) is 2. The van der Waals surface area contributed by atoms with Crippen molar-refractivity contribution in [3.63, 3.8) is 0 Å². The Bertz CT molecular complexity index is 1240. The van der Waals surface area contributed by atoms with Gasteiger partial charge in [-0.25, -0.2) is 0 Å². The van der Waals surface area contributed by atoms with Crippen LogP contribution in [0.1, 0.15) is 34.2 Å². The molecule has 2 nitrogen and oxygen atoms in total. The summed E-state index contributed by atoms with van der Waals surface area (Å²) in [5, 5.41) is 9.42.